The smallest absolute Gasteiger partial charge is 0.310 e. The number of nitro groups is 1. The highest BCUT2D eigenvalue weighted by Crippen LogP contribution is 2.32. The summed E-state index contributed by atoms with van der Waals surface area (Å²) in [6.45, 7) is 0. The molecule has 0 atom stereocenters. The highest BCUT2D eigenvalue weighted by Gasteiger charge is 2.22. The van der Waals surface area contributed by atoms with Crippen LogP contribution < -0.4 is 0 Å². The molecule has 0 saturated carbocycles. The number of methoxy groups -OCH3 is 1. The molecule has 0 saturated heterocycles. The summed E-state index contributed by atoms with van der Waals surface area (Å²) in [5, 5.41) is 19.6. The van der Waals surface area contributed by atoms with E-state index in [9.17, 15) is 14.9 Å². The predicted molar refractivity (Wildman–Crippen MR) is 61.2 cm³/mol. The van der Waals surface area contributed by atoms with Crippen LogP contribution in [0.5, 0.6) is 0 Å². The van der Waals surface area contributed by atoms with E-state index in [4.69, 9.17) is 5.26 Å². The van der Waals surface area contributed by atoms with E-state index in [2.05, 4.69) is 20.7 Å². The van der Waals surface area contributed by atoms with E-state index in [1.54, 1.807) is 6.07 Å². The summed E-state index contributed by atoms with van der Waals surface area (Å²) in [6, 6.07) is 4.51. The second kappa shape index (κ2) is 5.41. The molecule has 0 aliphatic carbocycles. The van der Waals surface area contributed by atoms with Crippen LogP contribution >= 0.6 is 15.9 Å². The van der Waals surface area contributed by atoms with Gasteiger partial charge in [0.2, 0.25) is 0 Å². The van der Waals surface area contributed by atoms with Gasteiger partial charge >= 0.3 is 11.7 Å². The van der Waals surface area contributed by atoms with Gasteiger partial charge in [-0.1, -0.05) is 6.07 Å². The second-order valence-corrected chi connectivity index (χ2v) is 3.85. The quantitative estimate of drug-likeness (QED) is 0.483. The Morgan fingerprint density at radius 2 is 2.29 bits per heavy atom. The van der Waals surface area contributed by atoms with Crippen molar-refractivity contribution in [1.82, 2.24) is 0 Å². The lowest BCUT2D eigenvalue weighted by atomic mass is 10.1. The Morgan fingerprint density at radius 3 is 2.76 bits per heavy atom. The Morgan fingerprint density at radius 1 is 1.65 bits per heavy atom. The van der Waals surface area contributed by atoms with Gasteiger partial charge in [0.1, 0.15) is 16.1 Å². The molecule has 0 amide bonds. The first-order valence-electron chi connectivity index (χ1n) is 4.44. The van der Waals surface area contributed by atoms with Crippen LogP contribution in [0.4, 0.5) is 5.69 Å². The molecule has 0 bridgehead atoms. The van der Waals surface area contributed by atoms with E-state index in [0.717, 1.165) is 0 Å². The number of rotatable bonds is 3. The molecule has 1 rings (SSSR count). The third-order valence-electron chi connectivity index (χ3n) is 2.06. The van der Waals surface area contributed by atoms with Gasteiger partial charge in [0, 0.05) is 0 Å². The fourth-order valence-electron chi connectivity index (χ4n) is 1.24. The van der Waals surface area contributed by atoms with Gasteiger partial charge in [0.25, 0.3) is 0 Å². The molecule has 0 unspecified atom stereocenters. The number of hydrogen-bond acceptors (Lipinski definition) is 5. The standard InChI is InChI=1S/C10H7BrN2O4/c1-17-8(14)4-6-2-3-7(5-12)10(9(6)11)13(15)16/h2-3H,4H2,1H3. The molecule has 0 heterocycles. The summed E-state index contributed by atoms with van der Waals surface area (Å²) in [6.07, 6.45) is -0.0936. The van der Waals surface area contributed by atoms with Crippen molar-refractivity contribution < 1.29 is 14.5 Å². The first-order chi connectivity index (χ1) is 8.01. The summed E-state index contributed by atoms with van der Waals surface area (Å²) in [7, 11) is 1.23. The molecule has 6 nitrogen and oxygen atoms in total. The number of esters is 1. The Bertz CT molecular complexity index is 522. The van der Waals surface area contributed by atoms with Crippen molar-refractivity contribution in [1.29, 1.82) is 5.26 Å². The van der Waals surface area contributed by atoms with E-state index in [-0.39, 0.29) is 22.1 Å². The topological polar surface area (TPSA) is 93.2 Å². The van der Waals surface area contributed by atoms with Crippen molar-refractivity contribution >= 4 is 27.6 Å². The molecule has 7 heteroatoms. The van der Waals surface area contributed by atoms with Crippen molar-refractivity contribution in [3.8, 4) is 6.07 Å². The third kappa shape index (κ3) is 2.79. The van der Waals surface area contributed by atoms with Crippen LogP contribution in [0.3, 0.4) is 0 Å². The molecule has 0 N–H and O–H groups in total. The lowest BCUT2D eigenvalue weighted by Gasteiger charge is -2.04. The van der Waals surface area contributed by atoms with E-state index in [1.807, 2.05) is 0 Å². The molecule has 88 valence electrons. The van der Waals surface area contributed by atoms with Gasteiger partial charge in [0.05, 0.1) is 18.5 Å². The number of halogens is 1. The molecular weight excluding hydrogens is 292 g/mol. The van der Waals surface area contributed by atoms with E-state index in [1.165, 1.54) is 19.2 Å². The van der Waals surface area contributed by atoms with Gasteiger partial charge in [-0.25, -0.2) is 0 Å². The average molecular weight is 299 g/mol. The monoisotopic (exact) mass is 298 g/mol. The van der Waals surface area contributed by atoms with Crippen LogP contribution in [-0.4, -0.2) is 18.0 Å². The first kappa shape index (κ1) is 13.1. The van der Waals surface area contributed by atoms with Crippen LogP contribution in [-0.2, 0) is 16.0 Å². The number of hydrogen-bond donors (Lipinski definition) is 0. The van der Waals surface area contributed by atoms with Crippen LogP contribution in [0.1, 0.15) is 11.1 Å². The number of carbonyl (C=O) groups excluding carboxylic acids is 1. The van der Waals surface area contributed by atoms with Crippen LogP contribution in [0, 0.1) is 21.4 Å². The van der Waals surface area contributed by atoms with Crippen molar-refractivity contribution in [2.75, 3.05) is 7.11 Å². The lowest BCUT2D eigenvalue weighted by molar-refractivity contribution is -0.386. The van der Waals surface area contributed by atoms with Gasteiger partial charge in [-0.3, -0.25) is 14.9 Å². The van der Waals surface area contributed by atoms with Gasteiger partial charge in [-0.05, 0) is 27.6 Å². The van der Waals surface area contributed by atoms with Crippen LogP contribution in [0.25, 0.3) is 0 Å². The fraction of sp³-hybridized carbons (Fsp3) is 0.200. The predicted octanol–water partition coefficient (Wildman–Crippen LogP) is 1.94. The Hall–Kier alpha value is -1.94. The molecule has 0 aliphatic heterocycles. The summed E-state index contributed by atoms with van der Waals surface area (Å²) in [5.41, 5.74) is 0.00643. The maximum atomic E-state index is 11.1. The summed E-state index contributed by atoms with van der Waals surface area (Å²) in [5.74, 6) is -0.510. The van der Waals surface area contributed by atoms with Crippen LogP contribution in [0.2, 0.25) is 0 Å². The Balaban J connectivity index is 3.29. The number of nitrogens with zero attached hydrogens (tertiary/aromatic N) is 2. The maximum Gasteiger partial charge on any atom is 0.310 e. The molecule has 1 aromatic carbocycles. The van der Waals surface area contributed by atoms with Crippen molar-refractivity contribution in [2.45, 2.75) is 6.42 Å². The SMILES string of the molecule is COC(=O)Cc1ccc(C#N)c([N+](=O)[O-])c1Br. The minimum Gasteiger partial charge on any atom is -0.469 e. The maximum absolute atomic E-state index is 11.1. The zero-order valence-corrected chi connectivity index (χ0v) is 10.4. The van der Waals surface area contributed by atoms with Gasteiger partial charge < -0.3 is 4.74 Å². The number of nitro benzene ring substituents is 1. The van der Waals surface area contributed by atoms with Crippen molar-refractivity contribution in [3.63, 3.8) is 0 Å². The number of nitriles is 1. The van der Waals surface area contributed by atoms with E-state index >= 15 is 0 Å². The van der Waals surface area contributed by atoms with Crippen molar-refractivity contribution in [3.05, 3.63) is 37.8 Å². The molecule has 0 aliphatic rings. The molecule has 0 spiro atoms. The normalized spacial score (nSPS) is 9.47. The van der Waals surface area contributed by atoms with E-state index < -0.39 is 10.9 Å². The minimum atomic E-state index is -0.663. The third-order valence-corrected chi connectivity index (χ3v) is 2.95. The number of carbonyl (C=O) groups is 1. The summed E-state index contributed by atoms with van der Waals surface area (Å²) in [4.78, 5) is 21.2. The number of ether oxygens (including phenoxy) is 1. The second-order valence-electron chi connectivity index (χ2n) is 3.06. The highest BCUT2D eigenvalue weighted by molar-refractivity contribution is 9.10. The number of benzene rings is 1. The molecule has 17 heavy (non-hydrogen) atoms. The molecule has 0 fully saturated rings. The fourth-order valence-corrected chi connectivity index (χ4v) is 1.87. The van der Waals surface area contributed by atoms with Gasteiger partial charge in [0.15, 0.2) is 0 Å². The van der Waals surface area contributed by atoms with Gasteiger partial charge in [-0.15, -0.1) is 0 Å². The van der Waals surface area contributed by atoms with Crippen molar-refractivity contribution in [2.24, 2.45) is 0 Å². The van der Waals surface area contributed by atoms with Crippen LogP contribution in [0.15, 0.2) is 16.6 Å². The van der Waals surface area contributed by atoms with E-state index in [0.29, 0.717) is 5.56 Å². The summed E-state index contributed by atoms with van der Waals surface area (Å²) < 4.78 is 4.60. The highest BCUT2D eigenvalue weighted by atomic mass is 79.9. The molecule has 0 aromatic heterocycles. The molecular formula is C10H7BrN2O4. The zero-order chi connectivity index (χ0) is 13.0. The summed E-state index contributed by atoms with van der Waals surface area (Å²) >= 11 is 3.03. The first-order valence-corrected chi connectivity index (χ1v) is 5.23. The molecule has 0 radical (unpaired) electrons. The largest absolute Gasteiger partial charge is 0.469 e. The average Bonchev–Trinajstić information content (AvgIpc) is 2.30. The Labute approximate surface area is 105 Å². The Kier molecular flexibility index (Phi) is 4.17. The molecule has 1 aromatic rings. The van der Waals surface area contributed by atoms with Gasteiger partial charge in [-0.2, -0.15) is 5.26 Å². The lowest BCUT2D eigenvalue weighted by Crippen LogP contribution is -2.06. The minimum absolute atomic E-state index is 0.0597. The zero-order valence-electron chi connectivity index (χ0n) is 8.77.